The number of ether oxygens (including phenoxy) is 5. The number of carbonyl (C=O) groups is 2. The van der Waals surface area contributed by atoms with Crippen LogP contribution in [-0.4, -0.2) is 88.4 Å². The molecule has 0 unspecified atom stereocenters. The van der Waals surface area contributed by atoms with E-state index in [0.717, 1.165) is 16.9 Å². The Balaban J connectivity index is 1.68. The predicted molar refractivity (Wildman–Crippen MR) is 136 cm³/mol. The average Bonchev–Trinajstić information content (AvgIpc) is 2.97. The highest BCUT2D eigenvalue weighted by molar-refractivity contribution is 5.77. The lowest BCUT2D eigenvalue weighted by molar-refractivity contribution is -0.132. The van der Waals surface area contributed by atoms with Gasteiger partial charge in [0.1, 0.15) is 11.4 Å². The minimum absolute atomic E-state index is 0.124. The lowest BCUT2D eigenvalue weighted by atomic mass is 10.0. The molecular formula is C26H43N3O7. The zero-order chi connectivity index (χ0) is 26.2. The Kier molecular flexibility index (Phi) is 13.6. The first-order valence-electron chi connectivity index (χ1n) is 12.7. The van der Waals surface area contributed by atoms with E-state index in [9.17, 15) is 9.59 Å². The van der Waals surface area contributed by atoms with E-state index in [1.54, 1.807) is 0 Å². The van der Waals surface area contributed by atoms with Crippen LogP contribution in [0.2, 0.25) is 0 Å². The summed E-state index contributed by atoms with van der Waals surface area (Å²) in [5, 5.41) is 2.73. The Morgan fingerprint density at radius 1 is 0.972 bits per heavy atom. The SMILES string of the molecule is CC(C)(C)OC(=O)NCCCOc1ccc2c(c1)CN(CCOCCOCCOCCN)C(=O)CC2. The Hall–Kier alpha value is -2.40. The molecule has 0 aromatic heterocycles. The van der Waals surface area contributed by atoms with Crippen LogP contribution in [0.5, 0.6) is 5.75 Å². The molecule has 1 heterocycles. The molecule has 204 valence electrons. The number of rotatable bonds is 16. The monoisotopic (exact) mass is 509 g/mol. The van der Waals surface area contributed by atoms with E-state index in [2.05, 4.69) is 5.32 Å². The van der Waals surface area contributed by atoms with E-state index in [1.165, 1.54) is 0 Å². The number of nitrogens with two attached hydrogens (primary N) is 1. The van der Waals surface area contributed by atoms with Crippen LogP contribution in [0.3, 0.4) is 0 Å². The fourth-order valence-electron chi connectivity index (χ4n) is 3.55. The number of amides is 2. The van der Waals surface area contributed by atoms with Gasteiger partial charge in [-0.15, -0.1) is 0 Å². The maximum absolute atomic E-state index is 12.6. The second-order valence-corrected chi connectivity index (χ2v) is 9.50. The number of nitrogens with zero attached hydrogens (tertiary/aromatic N) is 1. The van der Waals surface area contributed by atoms with E-state index in [1.807, 2.05) is 43.9 Å². The van der Waals surface area contributed by atoms with Crippen molar-refractivity contribution in [2.75, 3.05) is 65.9 Å². The van der Waals surface area contributed by atoms with E-state index in [-0.39, 0.29) is 5.91 Å². The highest BCUT2D eigenvalue weighted by atomic mass is 16.6. The maximum atomic E-state index is 12.6. The third-order valence-electron chi connectivity index (χ3n) is 5.27. The zero-order valence-electron chi connectivity index (χ0n) is 22.0. The van der Waals surface area contributed by atoms with Crippen LogP contribution in [0.4, 0.5) is 4.79 Å². The van der Waals surface area contributed by atoms with E-state index < -0.39 is 11.7 Å². The quantitative estimate of drug-likeness (QED) is 0.326. The minimum Gasteiger partial charge on any atom is -0.494 e. The van der Waals surface area contributed by atoms with Gasteiger partial charge >= 0.3 is 6.09 Å². The number of alkyl carbamates (subject to hydrolysis) is 1. The summed E-state index contributed by atoms with van der Waals surface area (Å²) in [6, 6.07) is 5.97. The van der Waals surface area contributed by atoms with Crippen LogP contribution in [0, 0.1) is 0 Å². The van der Waals surface area contributed by atoms with Crippen LogP contribution >= 0.6 is 0 Å². The van der Waals surface area contributed by atoms with Crippen LogP contribution < -0.4 is 15.8 Å². The van der Waals surface area contributed by atoms with Gasteiger partial charge in [-0.05, 0) is 56.9 Å². The van der Waals surface area contributed by atoms with Crippen molar-refractivity contribution in [3.63, 3.8) is 0 Å². The van der Waals surface area contributed by atoms with Crippen LogP contribution in [0.25, 0.3) is 0 Å². The lowest BCUT2D eigenvalue weighted by Gasteiger charge is -2.21. The van der Waals surface area contributed by atoms with E-state index in [0.29, 0.717) is 91.7 Å². The van der Waals surface area contributed by atoms with Crippen LogP contribution in [0.1, 0.15) is 44.7 Å². The molecule has 0 aliphatic carbocycles. The van der Waals surface area contributed by atoms with Crippen molar-refractivity contribution in [3.8, 4) is 5.75 Å². The van der Waals surface area contributed by atoms with Crippen LogP contribution in [-0.2, 0) is 36.7 Å². The summed E-state index contributed by atoms with van der Waals surface area (Å²) in [7, 11) is 0. The summed E-state index contributed by atoms with van der Waals surface area (Å²) < 4.78 is 27.4. The van der Waals surface area contributed by atoms with Gasteiger partial charge in [0.05, 0.1) is 46.2 Å². The fourth-order valence-corrected chi connectivity index (χ4v) is 3.55. The predicted octanol–water partition coefficient (Wildman–Crippen LogP) is 2.26. The number of nitrogens with one attached hydrogen (secondary N) is 1. The summed E-state index contributed by atoms with van der Waals surface area (Å²) in [6.07, 6.45) is 1.42. The Labute approximate surface area is 214 Å². The Morgan fingerprint density at radius 2 is 1.67 bits per heavy atom. The van der Waals surface area contributed by atoms with Crippen molar-refractivity contribution in [2.24, 2.45) is 5.73 Å². The third kappa shape index (κ3) is 12.5. The lowest BCUT2D eigenvalue weighted by Crippen LogP contribution is -2.33. The van der Waals surface area contributed by atoms with Crippen molar-refractivity contribution < 1.29 is 33.3 Å². The first kappa shape index (κ1) is 29.8. The second-order valence-electron chi connectivity index (χ2n) is 9.50. The summed E-state index contributed by atoms with van der Waals surface area (Å²) >= 11 is 0. The molecule has 36 heavy (non-hydrogen) atoms. The molecule has 1 aliphatic heterocycles. The molecule has 1 aromatic carbocycles. The normalized spacial score (nSPS) is 13.8. The summed E-state index contributed by atoms with van der Waals surface area (Å²) in [5.74, 6) is 0.878. The second kappa shape index (κ2) is 16.4. The van der Waals surface area contributed by atoms with Crippen LogP contribution in [0.15, 0.2) is 18.2 Å². The molecule has 0 bridgehead atoms. The first-order chi connectivity index (χ1) is 17.3. The number of carbonyl (C=O) groups excluding carboxylic acids is 2. The van der Waals surface area contributed by atoms with Gasteiger partial charge in [-0.3, -0.25) is 4.79 Å². The Morgan fingerprint density at radius 3 is 2.36 bits per heavy atom. The summed E-state index contributed by atoms with van der Waals surface area (Å²) in [4.78, 5) is 26.1. The fraction of sp³-hybridized carbons (Fsp3) is 0.692. The van der Waals surface area contributed by atoms with E-state index in [4.69, 9.17) is 29.4 Å². The molecule has 2 rings (SSSR count). The highest BCUT2D eigenvalue weighted by Crippen LogP contribution is 2.24. The Bertz CT molecular complexity index is 798. The molecule has 1 aliphatic rings. The standard InChI is InChI=1S/C26H43N3O7/c1-26(2,3)36-25(31)28-10-4-12-35-23-7-5-21-6-8-24(30)29(20-22(21)19-23)11-14-33-16-18-34-17-15-32-13-9-27/h5,7,19H,4,6,8-18,20,27H2,1-3H3,(H,28,31). The van der Waals surface area contributed by atoms with Gasteiger partial charge in [0, 0.05) is 32.6 Å². The van der Waals surface area contributed by atoms with E-state index >= 15 is 0 Å². The molecule has 2 amide bonds. The molecule has 0 radical (unpaired) electrons. The molecule has 0 saturated heterocycles. The van der Waals surface area contributed by atoms with Gasteiger partial charge in [-0.25, -0.2) is 4.79 Å². The van der Waals surface area contributed by atoms with Crippen molar-refractivity contribution in [1.29, 1.82) is 0 Å². The first-order valence-corrected chi connectivity index (χ1v) is 12.7. The summed E-state index contributed by atoms with van der Waals surface area (Å²) in [6.45, 7) is 11.0. The van der Waals surface area contributed by atoms with Crippen molar-refractivity contribution in [3.05, 3.63) is 29.3 Å². The average molecular weight is 510 g/mol. The number of benzene rings is 1. The number of fused-ring (bicyclic) bond motifs is 1. The summed E-state index contributed by atoms with van der Waals surface area (Å²) in [5.41, 5.74) is 7.09. The molecule has 3 N–H and O–H groups in total. The van der Waals surface area contributed by atoms with Gasteiger partial charge in [-0.2, -0.15) is 0 Å². The van der Waals surface area contributed by atoms with Gasteiger partial charge in [0.2, 0.25) is 5.91 Å². The third-order valence-corrected chi connectivity index (χ3v) is 5.27. The van der Waals surface area contributed by atoms with Gasteiger partial charge in [0.15, 0.2) is 0 Å². The molecule has 10 heteroatoms. The number of aryl methyl sites for hydroxylation is 1. The molecule has 0 fully saturated rings. The molecule has 1 aromatic rings. The topological polar surface area (TPSA) is 122 Å². The minimum atomic E-state index is -0.515. The molecule has 0 spiro atoms. The molecule has 10 nitrogen and oxygen atoms in total. The maximum Gasteiger partial charge on any atom is 0.407 e. The van der Waals surface area contributed by atoms with Crippen molar-refractivity contribution >= 4 is 12.0 Å². The zero-order valence-corrected chi connectivity index (χ0v) is 22.0. The molecule has 0 saturated carbocycles. The number of hydrogen-bond acceptors (Lipinski definition) is 8. The van der Waals surface area contributed by atoms with Gasteiger partial charge in [0.25, 0.3) is 0 Å². The van der Waals surface area contributed by atoms with Gasteiger partial charge < -0.3 is 39.6 Å². The van der Waals surface area contributed by atoms with Crippen molar-refractivity contribution in [2.45, 2.75) is 52.2 Å². The largest absolute Gasteiger partial charge is 0.494 e. The van der Waals surface area contributed by atoms with Crippen molar-refractivity contribution in [1.82, 2.24) is 10.2 Å². The van der Waals surface area contributed by atoms with Gasteiger partial charge in [-0.1, -0.05) is 6.07 Å². The molecular weight excluding hydrogens is 466 g/mol. The smallest absolute Gasteiger partial charge is 0.407 e. The number of hydrogen-bond donors (Lipinski definition) is 2. The molecule has 0 atom stereocenters. The highest BCUT2D eigenvalue weighted by Gasteiger charge is 2.21.